The highest BCUT2D eigenvalue weighted by Crippen LogP contribution is 2.34. The van der Waals surface area contributed by atoms with Crippen LogP contribution in [-0.4, -0.2) is 35.8 Å². The van der Waals surface area contributed by atoms with Crippen LogP contribution in [0.4, 0.5) is 5.13 Å². The van der Waals surface area contributed by atoms with E-state index in [9.17, 15) is 9.90 Å². The Balaban J connectivity index is 1.97. The third-order valence-electron chi connectivity index (χ3n) is 3.62. The van der Waals surface area contributed by atoms with Crippen molar-refractivity contribution >= 4 is 32.7 Å². The van der Waals surface area contributed by atoms with Gasteiger partial charge in [-0.15, -0.1) is 0 Å². The van der Waals surface area contributed by atoms with Gasteiger partial charge >= 0.3 is 5.97 Å². The van der Waals surface area contributed by atoms with E-state index in [4.69, 9.17) is 4.74 Å². The van der Waals surface area contributed by atoms with Crippen LogP contribution < -0.4 is 9.64 Å². The topological polar surface area (TPSA) is 62.7 Å². The second kappa shape index (κ2) is 5.28. The van der Waals surface area contributed by atoms with E-state index < -0.39 is 12.0 Å². The summed E-state index contributed by atoms with van der Waals surface area (Å²) < 4.78 is 6.24. The molecule has 20 heavy (non-hydrogen) atoms. The molecule has 0 radical (unpaired) electrons. The van der Waals surface area contributed by atoms with Crippen molar-refractivity contribution in [2.75, 3.05) is 18.6 Å². The fraction of sp³-hybridized carbons (Fsp3) is 0.429. The number of piperidine rings is 1. The second-order valence-electron chi connectivity index (χ2n) is 4.87. The normalized spacial score (nSPS) is 19.2. The van der Waals surface area contributed by atoms with Gasteiger partial charge in [0.2, 0.25) is 0 Å². The highest BCUT2D eigenvalue weighted by Gasteiger charge is 2.30. The number of ether oxygens (including phenoxy) is 1. The summed E-state index contributed by atoms with van der Waals surface area (Å²) in [6.45, 7) is 0.758. The maximum absolute atomic E-state index is 11.4. The molecule has 1 aromatic heterocycles. The first-order valence-corrected chi connectivity index (χ1v) is 7.45. The molecule has 1 aliphatic heterocycles. The quantitative estimate of drug-likeness (QED) is 0.942. The molecule has 2 heterocycles. The zero-order chi connectivity index (χ0) is 14.1. The lowest BCUT2D eigenvalue weighted by Gasteiger charge is -2.32. The molecule has 6 heteroatoms. The van der Waals surface area contributed by atoms with Gasteiger partial charge in [0.25, 0.3) is 0 Å². The SMILES string of the molecule is COc1ccc2sc(N3CCCCC3C(=O)O)nc2c1. The number of benzene rings is 1. The molecule has 1 atom stereocenters. The third kappa shape index (κ3) is 2.31. The van der Waals surface area contributed by atoms with Gasteiger partial charge in [-0.05, 0) is 31.4 Å². The number of methoxy groups -OCH3 is 1. The van der Waals surface area contributed by atoms with Crippen molar-refractivity contribution < 1.29 is 14.6 Å². The number of rotatable bonds is 3. The molecule has 0 amide bonds. The second-order valence-corrected chi connectivity index (χ2v) is 5.88. The lowest BCUT2D eigenvalue weighted by atomic mass is 10.0. The first kappa shape index (κ1) is 13.2. The zero-order valence-corrected chi connectivity index (χ0v) is 12.0. The molecule has 0 aliphatic carbocycles. The molecule has 1 aromatic carbocycles. The molecule has 2 aromatic rings. The van der Waals surface area contributed by atoms with Crippen molar-refractivity contribution in [3.63, 3.8) is 0 Å². The summed E-state index contributed by atoms with van der Waals surface area (Å²) in [4.78, 5) is 17.9. The summed E-state index contributed by atoms with van der Waals surface area (Å²) in [7, 11) is 1.62. The number of aliphatic carboxylic acids is 1. The van der Waals surface area contributed by atoms with Crippen molar-refractivity contribution in [1.82, 2.24) is 4.98 Å². The maximum atomic E-state index is 11.4. The molecular formula is C14H16N2O3S. The number of thiazole rings is 1. The molecule has 5 nitrogen and oxygen atoms in total. The van der Waals surface area contributed by atoms with Crippen LogP contribution in [0.3, 0.4) is 0 Å². The Morgan fingerprint density at radius 1 is 1.50 bits per heavy atom. The number of nitrogens with zero attached hydrogens (tertiary/aromatic N) is 2. The summed E-state index contributed by atoms with van der Waals surface area (Å²) in [5.74, 6) is 0.00400. The van der Waals surface area contributed by atoms with E-state index in [-0.39, 0.29) is 0 Å². The number of carboxylic acids is 1. The monoisotopic (exact) mass is 292 g/mol. The van der Waals surface area contributed by atoms with Gasteiger partial charge in [0.05, 0.1) is 17.3 Å². The Kier molecular flexibility index (Phi) is 3.48. The molecular weight excluding hydrogens is 276 g/mol. The first-order chi connectivity index (χ1) is 9.69. The summed E-state index contributed by atoms with van der Waals surface area (Å²) >= 11 is 1.54. The van der Waals surface area contributed by atoms with Gasteiger partial charge in [-0.2, -0.15) is 0 Å². The molecule has 1 aliphatic rings. The number of carboxylic acid groups (broad SMARTS) is 1. The van der Waals surface area contributed by atoms with Gasteiger partial charge in [0, 0.05) is 12.6 Å². The molecule has 3 rings (SSSR count). The van der Waals surface area contributed by atoms with Gasteiger partial charge in [0.1, 0.15) is 11.8 Å². The van der Waals surface area contributed by atoms with Crippen molar-refractivity contribution in [1.29, 1.82) is 0 Å². The molecule has 0 spiro atoms. The Morgan fingerprint density at radius 3 is 3.10 bits per heavy atom. The van der Waals surface area contributed by atoms with Gasteiger partial charge in [-0.3, -0.25) is 0 Å². The van der Waals surface area contributed by atoms with Crippen LogP contribution in [0.2, 0.25) is 0 Å². The predicted molar refractivity (Wildman–Crippen MR) is 78.8 cm³/mol. The summed E-state index contributed by atoms with van der Waals surface area (Å²) in [5.41, 5.74) is 0.860. The van der Waals surface area contributed by atoms with Crippen LogP contribution in [-0.2, 0) is 4.79 Å². The molecule has 1 fully saturated rings. The van der Waals surface area contributed by atoms with Crippen molar-refractivity contribution in [2.24, 2.45) is 0 Å². The minimum atomic E-state index is -0.762. The fourth-order valence-electron chi connectivity index (χ4n) is 2.56. The fourth-order valence-corrected chi connectivity index (χ4v) is 3.58. The highest BCUT2D eigenvalue weighted by atomic mass is 32.1. The van der Waals surface area contributed by atoms with E-state index in [0.717, 1.165) is 40.5 Å². The molecule has 0 saturated carbocycles. The summed E-state index contributed by atoms with van der Waals surface area (Å²) in [6, 6.07) is 5.30. The highest BCUT2D eigenvalue weighted by molar-refractivity contribution is 7.22. The van der Waals surface area contributed by atoms with E-state index in [0.29, 0.717) is 6.42 Å². The largest absolute Gasteiger partial charge is 0.497 e. The van der Waals surface area contributed by atoms with Crippen LogP contribution >= 0.6 is 11.3 Å². The van der Waals surface area contributed by atoms with Gasteiger partial charge in [-0.1, -0.05) is 11.3 Å². The average Bonchev–Trinajstić information content (AvgIpc) is 2.89. The van der Waals surface area contributed by atoms with Gasteiger partial charge in [0.15, 0.2) is 5.13 Å². The average molecular weight is 292 g/mol. The number of hydrogen-bond acceptors (Lipinski definition) is 5. The number of carbonyl (C=O) groups is 1. The van der Waals surface area contributed by atoms with E-state index in [1.165, 1.54) is 0 Å². The van der Waals surface area contributed by atoms with Crippen LogP contribution in [0.5, 0.6) is 5.75 Å². The van der Waals surface area contributed by atoms with Gasteiger partial charge in [-0.25, -0.2) is 9.78 Å². The molecule has 0 bridgehead atoms. The predicted octanol–water partition coefficient (Wildman–Crippen LogP) is 2.75. The lowest BCUT2D eigenvalue weighted by Crippen LogP contribution is -2.44. The van der Waals surface area contributed by atoms with E-state index in [2.05, 4.69) is 4.98 Å². The van der Waals surface area contributed by atoms with E-state index in [1.807, 2.05) is 23.1 Å². The first-order valence-electron chi connectivity index (χ1n) is 6.63. The minimum Gasteiger partial charge on any atom is -0.497 e. The Hall–Kier alpha value is -1.82. The Bertz CT molecular complexity index is 640. The zero-order valence-electron chi connectivity index (χ0n) is 11.2. The number of hydrogen-bond donors (Lipinski definition) is 1. The third-order valence-corrected chi connectivity index (χ3v) is 4.69. The molecule has 1 saturated heterocycles. The molecule has 106 valence electrons. The standard InChI is InChI=1S/C14H16N2O3S/c1-19-9-5-6-12-10(8-9)15-14(20-12)16-7-3-2-4-11(16)13(17)18/h5-6,8,11H,2-4,7H2,1H3,(H,17,18). The van der Waals surface area contributed by atoms with Crippen LogP contribution in [0.15, 0.2) is 18.2 Å². The van der Waals surface area contributed by atoms with E-state index >= 15 is 0 Å². The summed E-state index contributed by atoms with van der Waals surface area (Å²) in [5, 5.41) is 10.1. The smallest absolute Gasteiger partial charge is 0.326 e. The maximum Gasteiger partial charge on any atom is 0.326 e. The van der Waals surface area contributed by atoms with Crippen LogP contribution in [0, 0.1) is 0 Å². The van der Waals surface area contributed by atoms with Crippen LogP contribution in [0.1, 0.15) is 19.3 Å². The van der Waals surface area contributed by atoms with Gasteiger partial charge < -0.3 is 14.7 Å². The lowest BCUT2D eigenvalue weighted by molar-refractivity contribution is -0.139. The van der Waals surface area contributed by atoms with Crippen LogP contribution in [0.25, 0.3) is 10.2 Å². The Morgan fingerprint density at radius 2 is 2.35 bits per heavy atom. The van der Waals surface area contributed by atoms with Crippen molar-refractivity contribution in [3.05, 3.63) is 18.2 Å². The molecule has 1 unspecified atom stereocenters. The Labute approximate surface area is 120 Å². The number of aromatic nitrogens is 1. The summed E-state index contributed by atoms with van der Waals surface area (Å²) in [6.07, 6.45) is 2.67. The van der Waals surface area contributed by atoms with Crippen molar-refractivity contribution in [3.8, 4) is 5.75 Å². The molecule has 1 N–H and O–H groups in total. The van der Waals surface area contributed by atoms with E-state index in [1.54, 1.807) is 18.4 Å². The van der Waals surface area contributed by atoms with Crippen molar-refractivity contribution in [2.45, 2.75) is 25.3 Å². The number of anilines is 1. The minimum absolute atomic E-state index is 0.453. The number of fused-ring (bicyclic) bond motifs is 1.